The number of benzene rings is 1. The van der Waals surface area contributed by atoms with E-state index in [1.807, 2.05) is 18.2 Å². The van der Waals surface area contributed by atoms with Gasteiger partial charge in [-0.25, -0.2) is 4.98 Å². The van der Waals surface area contributed by atoms with Gasteiger partial charge in [0.15, 0.2) is 0 Å². The predicted octanol–water partition coefficient (Wildman–Crippen LogP) is 2.66. The first-order valence-corrected chi connectivity index (χ1v) is 7.14. The topological polar surface area (TPSA) is 68.0 Å². The number of thiazole rings is 1. The fourth-order valence-electron chi connectivity index (χ4n) is 1.66. The highest BCUT2D eigenvalue weighted by molar-refractivity contribution is 7.09. The van der Waals surface area contributed by atoms with E-state index in [0.717, 1.165) is 17.8 Å². The van der Waals surface area contributed by atoms with Gasteiger partial charge in [0, 0.05) is 18.3 Å². The number of carbonyl (C=O) groups excluding carboxylic acids is 1. The van der Waals surface area contributed by atoms with Crippen molar-refractivity contribution in [3.63, 3.8) is 0 Å². The van der Waals surface area contributed by atoms with Crippen LogP contribution in [0.2, 0.25) is 0 Å². The van der Waals surface area contributed by atoms with Crippen molar-refractivity contribution in [3.05, 3.63) is 52.0 Å². The number of hydrogen-bond acceptors (Lipinski definition) is 4. The molecule has 0 bridgehead atoms. The smallest absolute Gasteiger partial charge is 0.270 e. The average molecular weight is 348 g/mol. The largest absolute Gasteiger partial charge is 0.351 e. The summed E-state index contributed by atoms with van der Waals surface area (Å²) in [4.78, 5) is 16.1. The number of amides is 1. The van der Waals surface area contributed by atoms with Crippen LogP contribution < -0.4 is 11.1 Å². The molecule has 0 aliphatic heterocycles. The van der Waals surface area contributed by atoms with E-state index in [0.29, 0.717) is 18.8 Å². The second-order valence-electron chi connectivity index (χ2n) is 4.19. The fraction of sp³-hybridized carbons (Fsp3) is 0.286. The van der Waals surface area contributed by atoms with E-state index in [9.17, 15) is 4.79 Å². The number of nitrogens with one attached hydrogen (secondary N) is 1. The first kappa shape index (κ1) is 19.9. The summed E-state index contributed by atoms with van der Waals surface area (Å²) >= 11 is 1.52. The molecule has 0 saturated carbocycles. The van der Waals surface area contributed by atoms with E-state index in [2.05, 4.69) is 22.4 Å². The second kappa shape index (κ2) is 10.6. The van der Waals surface area contributed by atoms with Crippen molar-refractivity contribution in [2.24, 2.45) is 5.73 Å². The van der Waals surface area contributed by atoms with Crippen LogP contribution in [-0.4, -0.2) is 24.0 Å². The van der Waals surface area contributed by atoms with Crippen molar-refractivity contribution < 1.29 is 4.79 Å². The fourth-order valence-corrected chi connectivity index (χ4v) is 2.47. The maximum atomic E-state index is 11.8. The van der Waals surface area contributed by atoms with Gasteiger partial charge in [0.2, 0.25) is 0 Å². The van der Waals surface area contributed by atoms with Crippen molar-refractivity contribution in [1.82, 2.24) is 10.3 Å². The van der Waals surface area contributed by atoms with Gasteiger partial charge in [0.05, 0.1) is 5.01 Å². The van der Waals surface area contributed by atoms with Crippen LogP contribution in [0, 0.1) is 0 Å². The zero-order valence-corrected chi connectivity index (χ0v) is 13.9. The van der Waals surface area contributed by atoms with Crippen molar-refractivity contribution in [3.8, 4) is 0 Å². The van der Waals surface area contributed by atoms with Gasteiger partial charge in [-0.05, 0) is 18.5 Å². The third kappa shape index (κ3) is 6.44. The maximum absolute atomic E-state index is 11.8. The normalized spacial score (nSPS) is 9.38. The summed E-state index contributed by atoms with van der Waals surface area (Å²) in [5.74, 6) is -0.121. The molecular weight excluding hydrogens is 329 g/mol. The van der Waals surface area contributed by atoms with Crippen LogP contribution in [0.15, 0.2) is 35.7 Å². The Kier molecular flexibility index (Phi) is 9.99. The molecule has 3 N–H and O–H groups in total. The zero-order valence-electron chi connectivity index (χ0n) is 11.5. The molecule has 1 aromatic heterocycles. The van der Waals surface area contributed by atoms with E-state index in [1.54, 1.807) is 5.38 Å². The summed E-state index contributed by atoms with van der Waals surface area (Å²) in [6, 6.07) is 10.1. The lowest BCUT2D eigenvalue weighted by Crippen LogP contribution is -2.26. The minimum absolute atomic E-state index is 0. The molecule has 0 unspecified atom stereocenters. The Balaban J connectivity index is 0.00000200. The molecule has 1 aromatic carbocycles. The van der Waals surface area contributed by atoms with Gasteiger partial charge in [-0.15, -0.1) is 36.2 Å². The van der Waals surface area contributed by atoms with Crippen LogP contribution in [0.25, 0.3) is 0 Å². The number of nitrogens with zero attached hydrogens (tertiary/aromatic N) is 1. The van der Waals surface area contributed by atoms with E-state index in [-0.39, 0.29) is 30.7 Å². The monoisotopic (exact) mass is 347 g/mol. The molecule has 1 amide bonds. The number of nitrogens with two attached hydrogens (primary N) is 1. The molecule has 4 nitrogen and oxygen atoms in total. The molecule has 0 atom stereocenters. The number of halogens is 2. The van der Waals surface area contributed by atoms with Crippen LogP contribution in [-0.2, 0) is 6.42 Å². The standard InChI is InChI=1S/C14H17N3OS.2ClH/c15-7-4-8-16-14(18)12-10-19-13(17-12)9-11-5-2-1-3-6-11;;/h1-3,5-6,10H,4,7-9,15H2,(H,16,18);2*1H. The summed E-state index contributed by atoms with van der Waals surface area (Å²) in [6.07, 6.45) is 1.55. The number of aromatic nitrogens is 1. The highest BCUT2D eigenvalue weighted by atomic mass is 35.5. The molecule has 7 heteroatoms. The Morgan fingerprint density at radius 2 is 1.95 bits per heavy atom. The summed E-state index contributed by atoms with van der Waals surface area (Å²) in [6.45, 7) is 1.18. The molecular formula is C14H19Cl2N3OS. The maximum Gasteiger partial charge on any atom is 0.270 e. The summed E-state index contributed by atoms with van der Waals surface area (Å²) < 4.78 is 0. The molecule has 21 heavy (non-hydrogen) atoms. The third-order valence-corrected chi connectivity index (χ3v) is 3.50. The lowest BCUT2D eigenvalue weighted by Gasteiger charge is -2.00. The highest BCUT2D eigenvalue weighted by Crippen LogP contribution is 2.14. The summed E-state index contributed by atoms with van der Waals surface area (Å²) in [5, 5.41) is 5.56. The van der Waals surface area contributed by atoms with Crippen LogP contribution in [0.4, 0.5) is 0 Å². The SMILES string of the molecule is Cl.Cl.NCCCNC(=O)c1csc(Cc2ccccc2)n1. The van der Waals surface area contributed by atoms with E-state index in [1.165, 1.54) is 16.9 Å². The molecule has 116 valence electrons. The van der Waals surface area contributed by atoms with E-state index >= 15 is 0 Å². The van der Waals surface area contributed by atoms with Gasteiger partial charge in [-0.1, -0.05) is 30.3 Å². The minimum Gasteiger partial charge on any atom is -0.351 e. The van der Waals surface area contributed by atoms with E-state index in [4.69, 9.17) is 5.73 Å². The summed E-state index contributed by atoms with van der Waals surface area (Å²) in [5.41, 5.74) is 7.07. The molecule has 2 rings (SSSR count). The lowest BCUT2D eigenvalue weighted by atomic mass is 10.2. The quantitative estimate of drug-likeness (QED) is 0.789. The second-order valence-corrected chi connectivity index (χ2v) is 5.13. The van der Waals surface area contributed by atoms with Gasteiger partial charge in [0.1, 0.15) is 5.69 Å². The Hall–Kier alpha value is -1.14. The number of rotatable bonds is 6. The Morgan fingerprint density at radius 1 is 1.24 bits per heavy atom. The minimum atomic E-state index is -0.121. The molecule has 1 heterocycles. The average Bonchev–Trinajstić information content (AvgIpc) is 2.89. The zero-order chi connectivity index (χ0) is 13.5. The molecule has 0 aliphatic carbocycles. The van der Waals surface area contributed by atoms with Crippen molar-refractivity contribution >= 4 is 42.1 Å². The molecule has 0 saturated heterocycles. The predicted molar refractivity (Wildman–Crippen MR) is 91.9 cm³/mol. The molecule has 2 aromatic rings. The van der Waals surface area contributed by atoms with Gasteiger partial charge in [-0.2, -0.15) is 0 Å². The molecule has 0 spiro atoms. The molecule has 0 radical (unpaired) electrons. The van der Waals surface area contributed by atoms with Crippen molar-refractivity contribution in [2.75, 3.05) is 13.1 Å². The molecule has 0 aliphatic rings. The van der Waals surface area contributed by atoms with Crippen molar-refractivity contribution in [1.29, 1.82) is 0 Å². The Labute approximate surface area is 141 Å². The first-order valence-electron chi connectivity index (χ1n) is 6.26. The van der Waals surface area contributed by atoms with Crippen LogP contribution >= 0.6 is 36.2 Å². The Bertz CT molecular complexity index is 534. The Morgan fingerprint density at radius 3 is 2.62 bits per heavy atom. The van der Waals surface area contributed by atoms with Crippen molar-refractivity contribution in [2.45, 2.75) is 12.8 Å². The number of carbonyl (C=O) groups is 1. The highest BCUT2D eigenvalue weighted by Gasteiger charge is 2.10. The molecule has 0 fully saturated rings. The van der Waals surface area contributed by atoms with Crippen LogP contribution in [0.3, 0.4) is 0 Å². The van der Waals surface area contributed by atoms with E-state index < -0.39 is 0 Å². The van der Waals surface area contributed by atoms with Gasteiger partial charge < -0.3 is 11.1 Å². The van der Waals surface area contributed by atoms with Gasteiger partial charge in [-0.3, -0.25) is 4.79 Å². The van der Waals surface area contributed by atoms with Crippen LogP contribution in [0.5, 0.6) is 0 Å². The lowest BCUT2D eigenvalue weighted by molar-refractivity contribution is 0.0949. The summed E-state index contributed by atoms with van der Waals surface area (Å²) in [7, 11) is 0. The van der Waals surface area contributed by atoms with Gasteiger partial charge in [0.25, 0.3) is 5.91 Å². The third-order valence-electron chi connectivity index (χ3n) is 2.65. The number of hydrogen-bond donors (Lipinski definition) is 2. The first-order chi connectivity index (χ1) is 9.29. The van der Waals surface area contributed by atoms with Crippen LogP contribution in [0.1, 0.15) is 27.5 Å². The van der Waals surface area contributed by atoms with Gasteiger partial charge >= 0.3 is 0 Å².